The fraction of sp³-hybridized carbons (Fsp3) is 0.391. The van der Waals surface area contributed by atoms with E-state index in [0.29, 0.717) is 6.04 Å². The van der Waals surface area contributed by atoms with Crippen molar-refractivity contribution in [3.8, 4) is 0 Å². The maximum atomic E-state index is 4.74. The van der Waals surface area contributed by atoms with E-state index in [1.54, 1.807) is 0 Å². The fourth-order valence-corrected chi connectivity index (χ4v) is 4.55. The molecule has 1 fully saturated rings. The number of halogens is 1. The lowest BCUT2D eigenvalue weighted by Crippen LogP contribution is -2.35. The van der Waals surface area contributed by atoms with Gasteiger partial charge < -0.3 is 4.57 Å². The summed E-state index contributed by atoms with van der Waals surface area (Å²) in [6.07, 6.45) is 3.17. The Bertz CT molecular complexity index is 1110. The Hall–Kier alpha value is -2.77. The summed E-state index contributed by atoms with van der Waals surface area (Å²) < 4.78 is 4.38. The van der Waals surface area contributed by atoms with Gasteiger partial charge in [-0.15, -0.1) is 17.5 Å². The molecule has 0 unspecified atom stereocenters. The summed E-state index contributed by atoms with van der Waals surface area (Å²) in [4.78, 5) is 7.21. The van der Waals surface area contributed by atoms with Crippen molar-refractivity contribution < 1.29 is 0 Å². The van der Waals surface area contributed by atoms with Crippen molar-refractivity contribution in [3.05, 3.63) is 71.8 Å². The normalized spacial score (nSPS) is 15.3. The number of aromatic nitrogens is 6. The number of nitrogens with zero attached hydrogens (tertiary/aromatic N) is 7. The molecule has 31 heavy (non-hydrogen) atoms. The third-order valence-corrected chi connectivity index (χ3v) is 6.12. The molecule has 3 heterocycles. The van der Waals surface area contributed by atoms with E-state index in [1.165, 1.54) is 11.1 Å². The summed E-state index contributed by atoms with van der Waals surface area (Å²) in [5, 5.41) is 12.4. The minimum atomic E-state index is 0. The second kappa shape index (κ2) is 9.58. The van der Waals surface area contributed by atoms with E-state index in [0.717, 1.165) is 62.6 Å². The van der Waals surface area contributed by atoms with Crippen molar-refractivity contribution in [2.45, 2.75) is 45.3 Å². The number of tetrazole rings is 1. The van der Waals surface area contributed by atoms with Crippen LogP contribution in [0.3, 0.4) is 0 Å². The van der Waals surface area contributed by atoms with E-state index >= 15 is 0 Å². The number of aryl methyl sites for hydroxylation is 3. The molecule has 5 rings (SSSR count). The maximum Gasteiger partial charge on any atom is 0.165 e. The first-order valence-corrected chi connectivity index (χ1v) is 10.7. The van der Waals surface area contributed by atoms with Crippen molar-refractivity contribution in [1.82, 2.24) is 34.7 Å². The third kappa shape index (κ3) is 4.62. The van der Waals surface area contributed by atoms with Gasteiger partial charge in [0.15, 0.2) is 5.82 Å². The Balaban J connectivity index is 0.00000231. The molecule has 0 aliphatic carbocycles. The van der Waals surface area contributed by atoms with Crippen molar-refractivity contribution in [3.63, 3.8) is 0 Å². The van der Waals surface area contributed by atoms with Crippen molar-refractivity contribution in [2.24, 2.45) is 0 Å². The third-order valence-electron chi connectivity index (χ3n) is 6.12. The van der Waals surface area contributed by atoms with E-state index in [-0.39, 0.29) is 12.4 Å². The Morgan fingerprint density at radius 3 is 2.52 bits per heavy atom. The van der Waals surface area contributed by atoms with Gasteiger partial charge in [0.25, 0.3) is 0 Å². The highest BCUT2D eigenvalue weighted by Gasteiger charge is 2.24. The van der Waals surface area contributed by atoms with Gasteiger partial charge in [-0.2, -0.15) is 0 Å². The van der Waals surface area contributed by atoms with Gasteiger partial charge in [-0.3, -0.25) is 4.90 Å². The topological polar surface area (TPSA) is 64.7 Å². The van der Waals surface area contributed by atoms with Crippen LogP contribution in [0.2, 0.25) is 0 Å². The summed E-state index contributed by atoms with van der Waals surface area (Å²) in [5.74, 6) is 2.06. The molecule has 7 nitrogen and oxygen atoms in total. The number of benzene rings is 2. The lowest BCUT2D eigenvalue weighted by atomic mass is 10.0. The Kier molecular flexibility index (Phi) is 6.63. The number of hydrogen-bond donors (Lipinski definition) is 0. The second-order valence-corrected chi connectivity index (χ2v) is 8.08. The quantitative estimate of drug-likeness (QED) is 0.458. The largest absolute Gasteiger partial charge is 0.325 e. The second-order valence-electron chi connectivity index (χ2n) is 8.08. The van der Waals surface area contributed by atoms with Crippen LogP contribution in [0, 0.1) is 6.92 Å². The minimum Gasteiger partial charge on any atom is -0.325 e. The molecule has 1 aliphatic rings. The van der Waals surface area contributed by atoms with Crippen LogP contribution >= 0.6 is 12.4 Å². The van der Waals surface area contributed by atoms with Crippen molar-refractivity contribution >= 4 is 23.4 Å². The van der Waals surface area contributed by atoms with Gasteiger partial charge in [0.2, 0.25) is 0 Å². The highest BCUT2D eigenvalue weighted by molar-refractivity contribution is 5.85. The Morgan fingerprint density at radius 1 is 0.968 bits per heavy atom. The van der Waals surface area contributed by atoms with Gasteiger partial charge in [-0.1, -0.05) is 42.5 Å². The van der Waals surface area contributed by atoms with Crippen LogP contribution in [0.5, 0.6) is 0 Å². The fourth-order valence-electron chi connectivity index (χ4n) is 4.55. The van der Waals surface area contributed by atoms with E-state index in [9.17, 15) is 0 Å². The molecular formula is C23H28ClN7. The van der Waals surface area contributed by atoms with Crippen LogP contribution in [-0.4, -0.2) is 47.7 Å². The number of fused-ring (bicyclic) bond motifs is 1. The number of likely N-dealkylation sites (tertiary alicyclic amines) is 1. The SMILES string of the molecule is Cc1nc2ccccc2n1C1CCN(Cc2nnnn2CCc2ccccc2)CC1.Cl. The molecule has 2 aromatic heterocycles. The number of piperidine rings is 1. The molecule has 8 heteroatoms. The maximum absolute atomic E-state index is 4.74. The zero-order valence-electron chi connectivity index (χ0n) is 17.8. The highest BCUT2D eigenvalue weighted by atomic mass is 35.5. The summed E-state index contributed by atoms with van der Waals surface area (Å²) in [6.45, 7) is 5.82. The van der Waals surface area contributed by atoms with Crippen LogP contribution < -0.4 is 0 Å². The standard InChI is InChI=1S/C23H27N7.ClH/c1-18-24-21-9-5-6-10-22(21)30(18)20-12-14-28(15-13-20)17-23-25-26-27-29(23)16-11-19-7-3-2-4-8-19;/h2-10,20H,11-17H2,1H3;1H. The summed E-state index contributed by atoms with van der Waals surface area (Å²) in [7, 11) is 0. The zero-order chi connectivity index (χ0) is 20.3. The van der Waals surface area contributed by atoms with Gasteiger partial charge in [0.05, 0.1) is 17.6 Å². The average molecular weight is 438 g/mol. The van der Waals surface area contributed by atoms with Crippen LogP contribution in [0.4, 0.5) is 0 Å². The Morgan fingerprint density at radius 2 is 1.71 bits per heavy atom. The molecule has 0 spiro atoms. The molecule has 1 aliphatic heterocycles. The van der Waals surface area contributed by atoms with Gasteiger partial charge in [-0.25, -0.2) is 9.67 Å². The van der Waals surface area contributed by atoms with Crippen molar-refractivity contribution in [2.75, 3.05) is 13.1 Å². The number of hydrogen-bond acceptors (Lipinski definition) is 5. The molecule has 0 atom stereocenters. The molecule has 2 aromatic carbocycles. The van der Waals surface area contributed by atoms with E-state index in [1.807, 2.05) is 10.7 Å². The summed E-state index contributed by atoms with van der Waals surface area (Å²) >= 11 is 0. The smallest absolute Gasteiger partial charge is 0.165 e. The monoisotopic (exact) mass is 437 g/mol. The van der Waals surface area contributed by atoms with Crippen LogP contribution in [0.1, 0.15) is 36.1 Å². The lowest BCUT2D eigenvalue weighted by Gasteiger charge is -2.33. The molecule has 162 valence electrons. The van der Waals surface area contributed by atoms with Crippen LogP contribution in [0.15, 0.2) is 54.6 Å². The molecule has 0 bridgehead atoms. The molecule has 0 amide bonds. The zero-order valence-corrected chi connectivity index (χ0v) is 18.6. The van der Waals surface area contributed by atoms with Crippen LogP contribution in [0.25, 0.3) is 11.0 Å². The van der Waals surface area contributed by atoms with Gasteiger partial charge >= 0.3 is 0 Å². The van der Waals surface area contributed by atoms with E-state index in [4.69, 9.17) is 4.98 Å². The molecule has 1 saturated heterocycles. The Labute approximate surface area is 188 Å². The van der Waals surface area contributed by atoms with Gasteiger partial charge in [0.1, 0.15) is 5.82 Å². The highest BCUT2D eigenvalue weighted by Crippen LogP contribution is 2.29. The van der Waals surface area contributed by atoms with E-state index in [2.05, 4.69) is 80.4 Å². The molecular weight excluding hydrogens is 410 g/mol. The predicted molar refractivity (Wildman–Crippen MR) is 123 cm³/mol. The first-order valence-electron chi connectivity index (χ1n) is 10.7. The lowest BCUT2D eigenvalue weighted by molar-refractivity contribution is 0.174. The average Bonchev–Trinajstić information content (AvgIpc) is 3.36. The van der Waals surface area contributed by atoms with E-state index < -0.39 is 0 Å². The van der Waals surface area contributed by atoms with Crippen molar-refractivity contribution in [1.29, 1.82) is 0 Å². The molecule has 0 radical (unpaired) electrons. The first-order chi connectivity index (χ1) is 14.8. The molecule has 0 saturated carbocycles. The van der Waals surface area contributed by atoms with Crippen LogP contribution in [-0.2, 0) is 19.5 Å². The number of para-hydroxylation sites is 2. The molecule has 0 N–H and O–H groups in total. The number of imidazole rings is 1. The first kappa shape index (κ1) is 21.5. The summed E-state index contributed by atoms with van der Waals surface area (Å²) in [5.41, 5.74) is 3.65. The molecule has 4 aromatic rings. The van der Waals surface area contributed by atoms with Gasteiger partial charge in [0, 0.05) is 25.7 Å². The minimum absolute atomic E-state index is 0. The predicted octanol–water partition coefficient (Wildman–Crippen LogP) is 3.83. The van der Waals surface area contributed by atoms with Gasteiger partial charge in [-0.05, 0) is 54.3 Å². The summed E-state index contributed by atoms with van der Waals surface area (Å²) in [6, 6.07) is 19.4. The number of rotatable bonds is 6.